The highest BCUT2D eigenvalue weighted by Crippen LogP contribution is 2.25. The summed E-state index contributed by atoms with van der Waals surface area (Å²) in [5, 5.41) is 3.15. The van der Waals surface area contributed by atoms with Crippen molar-refractivity contribution >= 4 is 5.97 Å². The molecule has 1 fully saturated rings. The Morgan fingerprint density at radius 1 is 1.37 bits per heavy atom. The normalized spacial score (nSPS) is 18.1. The SMILES string of the molecule is COC(=O)C(c1ccc(F)cc1F)N1CCNCC1. The number of hydrogen-bond donors (Lipinski definition) is 1. The van der Waals surface area contributed by atoms with Crippen LogP contribution in [0.5, 0.6) is 0 Å². The van der Waals surface area contributed by atoms with Crippen molar-refractivity contribution in [1.29, 1.82) is 0 Å². The average molecular weight is 270 g/mol. The van der Waals surface area contributed by atoms with Crippen molar-refractivity contribution in [3.63, 3.8) is 0 Å². The molecule has 1 atom stereocenters. The largest absolute Gasteiger partial charge is 0.468 e. The predicted molar refractivity (Wildman–Crippen MR) is 65.6 cm³/mol. The summed E-state index contributed by atoms with van der Waals surface area (Å²) in [5.41, 5.74) is 0.148. The molecular weight excluding hydrogens is 254 g/mol. The minimum absolute atomic E-state index is 0.148. The topological polar surface area (TPSA) is 41.6 Å². The van der Waals surface area contributed by atoms with Gasteiger partial charge in [0.1, 0.15) is 17.7 Å². The number of halogens is 2. The third-order valence-corrected chi connectivity index (χ3v) is 3.20. The lowest BCUT2D eigenvalue weighted by Gasteiger charge is -2.33. The van der Waals surface area contributed by atoms with Crippen molar-refractivity contribution < 1.29 is 18.3 Å². The van der Waals surface area contributed by atoms with E-state index in [0.29, 0.717) is 13.1 Å². The Morgan fingerprint density at radius 3 is 2.63 bits per heavy atom. The van der Waals surface area contributed by atoms with E-state index in [4.69, 9.17) is 4.74 Å². The van der Waals surface area contributed by atoms with Gasteiger partial charge < -0.3 is 10.1 Å². The van der Waals surface area contributed by atoms with Gasteiger partial charge in [0.2, 0.25) is 0 Å². The second-order valence-electron chi connectivity index (χ2n) is 4.38. The van der Waals surface area contributed by atoms with E-state index in [2.05, 4.69) is 5.32 Å². The standard InChI is InChI=1S/C13H16F2N2O2/c1-19-13(18)12(17-6-4-16-5-7-17)10-3-2-9(14)8-11(10)15/h2-3,8,12,16H,4-7H2,1H3. The first-order valence-electron chi connectivity index (χ1n) is 6.11. The average Bonchev–Trinajstić information content (AvgIpc) is 2.42. The number of rotatable bonds is 3. The van der Waals surface area contributed by atoms with Gasteiger partial charge in [0.15, 0.2) is 0 Å². The summed E-state index contributed by atoms with van der Waals surface area (Å²) in [5.74, 6) is -1.92. The molecule has 1 N–H and O–H groups in total. The molecule has 1 aromatic rings. The number of ether oxygens (including phenoxy) is 1. The maximum absolute atomic E-state index is 13.9. The van der Waals surface area contributed by atoms with Crippen LogP contribution in [0.2, 0.25) is 0 Å². The number of nitrogens with zero attached hydrogens (tertiary/aromatic N) is 1. The third-order valence-electron chi connectivity index (χ3n) is 3.20. The molecule has 1 unspecified atom stereocenters. The zero-order valence-electron chi connectivity index (χ0n) is 10.7. The fraction of sp³-hybridized carbons (Fsp3) is 0.462. The molecule has 0 radical (unpaired) electrons. The lowest BCUT2D eigenvalue weighted by molar-refractivity contribution is -0.147. The number of hydrogen-bond acceptors (Lipinski definition) is 4. The smallest absolute Gasteiger partial charge is 0.327 e. The summed E-state index contributed by atoms with van der Waals surface area (Å²) in [6.07, 6.45) is 0. The van der Waals surface area contributed by atoms with Gasteiger partial charge in [-0.05, 0) is 6.07 Å². The van der Waals surface area contributed by atoms with Crippen LogP contribution >= 0.6 is 0 Å². The quantitative estimate of drug-likeness (QED) is 0.835. The molecule has 1 aliphatic heterocycles. The van der Waals surface area contributed by atoms with Crippen LogP contribution in [0.3, 0.4) is 0 Å². The molecule has 4 nitrogen and oxygen atoms in total. The highest BCUT2D eigenvalue weighted by atomic mass is 19.1. The minimum Gasteiger partial charge on any atom is -0.468 e. The second-order valence-corrected chi connectivity index (χ2v) is 4.38. The van der Waals surface area contributed by atoms with E-state index in [9.17, 15) is 13.6 Å². The maximum atomic E-state index is 13.9. The number of methoxy groups -OCH3 is 1. The van der Waals surface area contributed by atoms with Crippen molar-refractivity contribution in [2.24, 2.45) is 0 Å². The van der Waals surface area contributed by atoms with Crippen LogP contribution in [0.4, 0.5) is 8.78 Å². The van der Waals surface area contributed by atoms with E-state index < -0.39 is 23.6 Å². The monoisotopic (exact) mass is 270 g/mol. The molecule has 0 spiro atoms. The predicted octanol–water partition coefficient (Wildman–Crippen LogP) is 1.08. The zero-order valence-corrected chi connectivity index (χ0v) is 10.7. The molecule has 19 heavy (non-hydrogen) atoms. The van der Waals surface area contributed by atoms with Gasteiger partial charge in [-0.1, -0.05) is 6.07 Å². The Kier molecular flexibility index (Phi) is 4.44. The van der Waals surface area contributed by atoms with Crippen LogP contribution in [0.25, 0.3) is 0 Å². The van der Waals surface area contributed by atoms with Crippen LogP contribution in [0.15, 0.2) is 18.2 Å². The van der Waals surface area contributed by atoms with Gasteiger partial charge in [-0.15, -0.1) is 0 Å². The fourth-order valence-electron chi connectivity index (χ4n) is 2.25. The first kappa shape index (κ1) is 13.9. The Morgan fingerprint density at radius 2 is 2.05 bits per heavy atom. The van der Waals surface area contributed by atoms with Crippen LogP contribution in [-0.2, 0) is 9.53 Å². The Bertz CT molecular complexity index is 462. The van der Waals surface area contributed by atoms with Crippen molar-refractivity contribution in [3.8, 4) is 0 Å². The van der Waals surface area contributed by atoms with Crippen molar-refractivity contribution in [3.05, 3.63) is 35.4 Å². The number of nitrogens with one attached hydrogen (secondary N) is 1. The fourth-order valence-corrected chi connectivity index (χ4v) is 2.25. The van der Waals surface area contributed by atoms with E-state index in [1.54, 1.807) is 0 Å². The van der Waals surface area contributed by atoms with Gasteiger partial charge in [-0.3, -0.25) is 4.90 Å². The van der Waals surface area contributed by atoms with E-state index in [-0.39, 0.29) is 5.56 Å². The van der Waals surface area contributed by atoms with Crippen molar-refractivity contribution in [2.45, 2.75) is 6.04 Å². The molecular formula is C13H16F2N2O2. The minimum atomic E-state index is -0.826. The van der Waals surface area contributed by atoms with Gasteiger partial charge in [-0.2, -0.15) is 0 Å². The Hall–Kier alpha value is -1.53. The van der Waals surface area contributed by atoms with E-state index in [1.807, 2.05) is 4.90 Å². The van der Waals surface area contributed by atoms with Gasteiger partial charge in [-0.25, -0.2) is 13.6 Å². The molecule has 104 valence electrons. The van der Waals surface area contributed by atoms with Gasteiger partial charge in [0.05, 0.1) is 7.11 Å². The summed E-state index contributed by atoms with van der Waals surface area (Å²) in [6, 6.07) is 2.41. The summed E-state index contributed by atoms with van der Waals surface area (Å²) in [4.78, 5) is 13.7. The molecule has 1 saturated heterocycles. The van der Waals surface area contributed by atoms with E-state index in [1.165, 1.54) is 13.2 Å². The summed E-state index contributed by atoms with van der Waals surface area (Å²) < 4.78 is 31.6. The molecule has 0 aromatic heterocycles. The number of carbonyl (C=O) groups is 1. The Labute approximate surface area is 110 Å². The van der Waals surface area contributed by atoms with Crippen LogP contribution < -0.4 is 5.32 Å². The number of carbonyl (C=O) groups excluding carboxylic acids is 1. The molecule has 0 saturated carbocycles. The number of piperazine rings is 1. The molecule has 1 heterocycles. The molecule has 0 amide bonds. The molecule has 0 aliphatic carbocycles. The van der Waals surface area contributed by atoms with E-state index >= 15 is 0 Å². The van der Waals surface area contributed by atoms with Crippen molar-refractivity contribution in [2.75, 3.05) is 33.3 Å². The summed E-state index contributed by atoms with van der Waals surface area (Å²) in [6.45, 7) is 2.65. The van der Waals surface area contributed by atoms with Crippen LogP contribution in [0.1, 0.15) is 11.6 Å². The summed E-state index contributed by atoms with van der Waals surface area (Å²) >= 11 is 0. The van der Waals surface area contributed by atoms with Crippen LogP contribution in [0, 0.1) is 11.6 Å². The molecule has 1 aromatic carbocycles. The molecule has 2 rings (SSSR count). The number of benzene rings is 1. The molecule has 1 aliphatic rings. The highest BCUT2D eigenvalue weighted by molar-refractivity contribution is 5.77. The first-order chi connectivity index (χ1) is 9.13. The molecule has 0 bridgehead atoms. The van der Waals surface area contributed by atoms with Crippen molar-refractivity contribution in [1.82, 2.24) is 10.2 Å². The summed E-state index contributed by atoms with van der Waals surface area (Å²) in [7, 11) is 1.26. The zero-order chi connectivity index (χ0) is 13.8. The van der Waals surface area contributed by atoms with E-state index in [0.717, 1.165) is 25.2 Å². The lowest BCUT2D eigenvalue weighted by atomic mass is 10.0. The van der Waals surface area contributed by atoms with Gasteiger partial charge >= 0.3 is 5.97 Å². The third kappa shape index (κ3) is 3.08. The maximum Gasteiger partial charge on any atom is 0.327 e. The van der Waals surface area contributed by atoms with Gasteiger partial charge in [0.25, 0.3) is 0 Å². The van der Waals surface area contributed by atoms with Gasteiger partial charge in [0, 0.05) is 37.8 Å². The lowest BCUT2D eigenvalue weighted by Crippen LogP contribution is -2.47. The van der Waals surface area contributed by atoms with Crippen LogP contribution in [-0.4, -0.2) is 44.2 Å². The highest BCUT2D eigenvalue weighted by Gasteiger charge is 2.31. The molecule has 6 heteroatoms. The number of esters is 1. The Balaban J connectivity index is 2.33. The second kappa shape index (κ2) is 6.08. The first-order valence-corrected chi connectivity index (χ1v) is 6.11.